The van der Waals surface area contributed by atoms with Gasteiger partial charge in [0.1, 0.15) is 0 Å². The van der Waals surface area contributed by atoms with E-state index in [9.17, 15) is 4.79 Å². The molecule has 25 heavy (non-hydrogen) atoms. The number of thiophene rings is 1. The molecule has 0 aromatic carbocycles. The molecule has 1 aromatic heterocycles. The Labute approximate surface area is 159 Å². The van der Waals surface area contributed by atoms with Crippen LogP contribution in [-0.4, -0.2) is 11.1 Å². The third-order valence-electron chi connectivity index (χ3n) is 5.06. The molecule has 1 aromatic rings. The van der Waals surface area contributed by atoms with Crippen LogP contribution in [0.15, 0.2) is 17.5 Å². The van der Waals surface area contributed by atoms with Crippen LogP contribution in [0.4, 0.5) is 0 Å². The molecular formula is C22H38O2S. The zero-order valence-corrected chi connectivity index (χ0v) is 17.0. The van der Waals surface area contributed by atoms with Crippen molar-refractivity contribution in [2.75, 3.05) is 0 Å². The molecule has 0 aliphatic rings. The molecule has 0 radical (unpaired) electrons. The van der Waals surface area contributed by atoms with E-state index in [4.69, 9.17) is 5.11 Å². The Hall–Kier alpha value is -0.830. The summed E-state index contributed by atoms with van der Waals surface area (Å²) in [4.78, 5) is 11.9. The average molecular weight is 367 g/mol. The average Bonchev–Trinajstić information content (AvgIpc) is 3.12. The Bertz CT molecular complexity index is 414. The van der Waals surface area contributed by atoms with E-state index in [1.807, 2.05) is 11.3 Å². The fourth-order valence-electron chi connectivity index (χ4n) is 3.39. The monoisotopic (exact) mass is 366 g/mol. The molecule has 0 aliphatic heterocycles. The van der Waals surface area contributed by atoms with Crippen molar-refractivity contribution in [3.8, 4) is 0 Å². The van der Waals surface area contributed by atoms with E-state index in [0.29, 0.717) is 6.42 Å². The van der Waals surface area contributed by atoms with Crippen LogP contribution in [0.5, 0.6) is 0 Å². The van der Waals surface area contributed by atoms with Gasteiger partial charge in [0.15, 0.2) is 0 Å². The fourth-order valence-corrected chi connectivity index (χ4v) is 4.21. The summed E-state index contributed by atoms with van der Waals surface area (Å²) >= 11 is 1.90. The van der Waals surface area contributed by atoms with Crippen molar-refractivity contribution in [1.82, 2.24) is 0 Å². The van der Waals surface area contributed by atoms with E-state index < -0.39 is 5.97 Å². The molecular weight excluding hydrogens is 328 g/mol. The molecule has 0 bridgehead atoms. The molecule has 0 saturated heterocycles. The van der Waals surface area contributed by atoms with Crippen molar-refractivity contribution in [3.05, 3.63) is 22.4 Å². The maximum absolute atomic E-state index is 10.4. The molecule has 1 unspecified atom stereocenters. The number of carboxylic acids is 1. The molecule has 0 saturated carbocycles. The summed E-state index contributed by atoms with van der Waals surface area (Å²) < 4.78 is 0. The van der Waals surface area contributed by atoms with Crippen LogP contribution in [0, 0.1) is 0 Å². The lowest BCUT2D eigenvalue weighted by molar-refractivity contribution is -0.137. The lowest BCUT2D eigenvalue weighted by Gasteiger charge is -2.08. The van der Waals surface area contributed by atoms with E-state index in [1.165, 1.54) is 77.0 Å². The van der Waals surface area contributed by atoms with Crippen LogP contribution in [-0.2, 0) is 4.79 Å². The van der Waals surface area contributed by atoms with Gasteiger partial charge in [-0.1, -0.05) is 90.0 Å². The maximum Gasteiger partial charge on any atom is 0.303 e. The second-order valence-corrected chi connectivity index (χ2v) is 8.42. The van der Waals surface area contributed by atoms with Crippen molar-refractivity contribution < 1.29 is 9.90 Å². The van der Waals surface area contributed by atoms with Gasteiger partial charge in [-0.25, -0.2) is 0 Å². The van der Waals surface area contributed by atoms with Crippen LogP contribution in [0.1, 0.15) is 114 Å². The standard InChI is InChI=1S/C22H38O2S/c1-20(21-17-15-19-25-21)16-13-11-9-7-5-3-2-4-6-8-10-12-14-18-22(23)24/h15,17,19-20H,2-14,16,18H2,1H3,(H,23,24). The third kappa shape index (κ3) is 13.1. The summed E-state index contributed by atoms with van der Waals surface area (Å²) in [7, 11) is 0. The summed E-state index contributed by atoms with van der Waals surface area (Å²) in [5.41, 5.74) is 0. The van der Waals surface area contributed by atoms with Crippen LogP contribution < -0.4 is 0 Å². The third-order valence-corrected chi connectivity index (χ3v) is 6.16. The number of carboxylic acid groups (broad SMARTS) is 1. The second-order valence-electron chi connectivity index (χ2n) is 7.45. The predicted molar refractivity (Wildman–Crippen MR) is 110 cm³/mol. The summed E-state index contributed by atoms with van der Waals surface area (Å²) in [6.07, 6.45) is 18.5. The molecule has 0 aliphatic carbocycles. The van der Waals surface area contributed by atoms with E-state index in [1.54, 1.807) is 4.88 Å². The zero-order chi connectivity index (χ0) is 18.2. The SMILES string of the molecule is CC(CCCCCCCCCCCCCCCC(=O)O)c1cccs1. The molecule has 0 fully saturated rings. The minimum Gasteiger partial charge on any atom is -0.481 e. The Morgan fingerprint density at radius 1 is 0.880 bits per heavy atom. The Kier molecular flexibility index (Phi) is 13.7. The van der Waals surface area contributed by atoms with Crippen molar-refractivity contribution in [2.45, 2.75) is 109 Å². The minimum atomic E-state index is -0.656. The zero-order valence-electron chi connectivity index (χ0n) is 16.2. The van der Waals surface area contributed by atoms with Crippen molar-refractivity contribution in [1.29, 1.82) is 0 Å². The molecule has 3 heteroatoms. The first-order chi connectivity index (χ1) is 12.2. The van der Waals surface area contributed by atoms with Crippen molar-refractivity contribution in [3.63, 3.8) is 0 Å². The summed E-state index contributed by atoms with van der Waals surface area (Å²) in [5.74, 6) is 0.0844. The molecule has 144 valence electrons. The minimum absolute atomic E-state index is 0.340. The fraction of sp³-hybridized carbons (Fsp3) is 0.773. The van der Waals surface area contributed by atoms with Gasteiger partial charge in [0, 0.05) is 11.3 Å². The van der Waals surface area contributed by atoms with Crippen LogP contribution in [0.2, 0.25) is 0 Å². The maximum atomic E-state index is 10.4. The number of carbonyl (C=O) groups is 1. The normalized spacial score (nSPS) is 12.4. The van der Waals surface area contributed by atoms with E-state index in [2.05, 4.69) is 24.4 Å². The number of unbranched alkanes of at least 4 members (excludes halogenated alkanes) is 12. The van der Waals surface area contributed by atoms with Crippen LogP contribution >= 0.6 is 11.3 Å². The van der Waals surface area contributed by atoms with Gasteiger partial charge in [0.2, 0.25) is 0 Å². The molecule has 1 heterocycles. The van der Waals surface area contributed by atoms with Crippen molar-refractivity contribution in [2.24, 2.45) is 0 Å². The number of rotatable bonds is 17. The first-order valence-electron chi connectivity index (χ1n) is 10.5. The van der Waals surface area contributed by atoms with E-state index in [-0.39, 0.29) is 0 Å². The first-order valence-corrected chi connectivity index (χ1v) is 11.3. The van der Waals surface area contributed by atoms with E-state index >= 15 is 0 Å². The highest BCUT2D eigenvalue weighted by Gasteiger charge is 2.05. The van der Waals surface area contributed by atoms with Crippen molar-refractivity contribution >= 4 is 17.3 Å². The molecule has 1 atom stereocenters. The van der Waals surface area contributed by atoms with Gasteiger partial charge in [0.25, 0.3) is 0 Å². The van der Waals surface area contributed by atoms with Crippen LogP contribution in [0.25, 0.3) is 0 Å². The second kappa shape index (κ2) is 15.4. The summed E-state index contributed by atoms with van der Waals surface area (Å²) in [6, 6.07) is 4.43. The van der Waals surface area contributed by atoms with Gasteiger partial charge in [-0.05, 0) is 30.2 Å². The van der Waals surface area contributed by atoms with Gasteiger partial charge in [0.05, 0.1) is 0 Å². The van der Waals surface area contributed by atoms with Gasteiger partial charge < -0.3 is 5.11 Å². The number of hydrogen-bond donors (Lipinski definition) is 1. The Morgan fingerprint density at radius 3 is 1.80 bits per heavy atom. The lowest BCUT2D eigenvalue weighted by Crippen LogP contribution is -1.93. The summed E-state index contributed by atoms with van der Waals surface area (Å²) in [5, 5.41) is 10.8. The molecule has 1 rings (SSSR count). The first kappa shape index (κ1) is 22.2. The highest BCUT2D eigenvalue weighted by molar-refractivity contribution is 7.10. The van der Waals surface area contributed by atoms with Gasteiger partial charge in [-0.15, -0.1) is 11.3 Å². The Balaban J connectivity index is 1.74. The van der Waals surface area contributed by atoms with E-state index in [0.717, 1.165) is 18.8 Å². The van der Waals surface area contributed by atoms with Gasteiger partial charge >= 0.3 is 5.97 Å². The van der Waals surface area contributed by atoms with Gasteiger partial charge in [-0.2, -0.15) is 0 Å². The molecule has 1 N–H and O–H groups in total. The molecule has 2 nitrogen and oxygen atoms in total. The van der Waals surface area contributed by atoms with Gasteiger partial charge in [-0.3, -0.25) is 4.79 Å². The largest absolute Gasteiger partial charge is 0.481 e. The Morgan fingerprint density at radius 2 is 1.36 bits per heavy atom. The predicted octanol–water partition coefficient (Wildman–Crippen LogP) is 7.79. The highest BCUT2D eigenvalue weighted by Crippen LogP contribution is 2.26. The lowest BCUT2D eigenvalue weighted by atomic mass is 10.00. The number of aliphatic carboxylic acids is 1. The molecule has 0 spiro atoms. The highest BCUT2D eigenvalue weighted by atomic mass is 32.1. The van der Waals surface area contributed by atoms with Crippen LogP contribution in [0.3, 0.4) is 0 Å². The number of hydrogen-bond acceptors (Lipinski definition) is 2. The quantitative estimate of drug-likeness (QED) is 0.286. The smallest absolute Gasteiger partial charge is 0.303 e. The summed E-state index contributed by atoms with van der Waals surface area (Å²) in [6.45, 7) is 2.36. The topological polar surface area (TPSA) is 37.3 Å². The molecule has 0 amide bonds.